The van der Waals surface area contributed by atoms with Gasteiger partial charge in [0.05, 0.1) is 6.61 Å². The molecule has 1 unspecified atom stereocenters. The molecule has 0 saturated carbocycles. The zero-order valence-corrected chi connectivity index (χ0v) is 5.75. The van der Waals surface area contributed by atoms with Crippen LogP contribution in [-0.4, -0.2) is 46.5 Å². The lowest BCUT2D eigenvalue weighted by molar-refractivity contribution is -0.171. The van der Waals surface area contributed by atoms with E-state index in [0.717, 1.165) is 0 Å². The van der Waals surface area contributed by atoms with Crippen LogP contribution >= 0.6 is 0 Å². The van der Waals surface area contributed by atoms with Gasteiger partial charge in [0.2, 0.25) is 6.29 Å². The molecule has 0 aliphatic carbocycles. The fourth-order valence-electron chi connectivity index (χ4n) is 0.978. The van der Waals surface area contributed by atoms with Crippen LogP contribution in [0.5, 0.6) is 0 Å². The van der Waals surface area contributed by atoms with Crippen molar-refractivity contribution in [1.29, 1.82) is 0 Å². The highest BCUT2D eigenvalue weighted by molar-refractivity contribution is 4.85. The van der Waals surface area contributed by atoms with Crippen LogP contribution in [0.1, 0.15) is 0 Å². The minimum atomic E-state index is -1.20. The molecular weight excluding hydrogens is 154 g/mol. The van der Waals surface area contributed by atoms with Gasteiger partial charge in [-0.3, -0.25) is 4.84 Å². The van der Waals surface area contributed by atoms with Gasteiger partial charge in [-0.1, -0.05) is 0 Å². The number of aliphatic hydroxyl groups excluding tert-OH is 3. The van der Waals surface area contributed by atoms with Crippen LogP contribution in [0, 0.1) is 0 Å². The molecular formula is C5H11NO5. The maximum Gasteiger partial charge on any atom is 0.206 e. The molecule has 0 bridgehead atoms. The summed E-state index contributed by atoms with van der Waals surface area (Å²) in [6.07, 6.45) is -4.22. The van der Waals surface area contributed by atoms with E-state index < -0.39 is 24.6 Å². The fourth-order valence-corrected chi connectivity index (χ4v) is 0.978. The van der Waals surface area contributed by atoms with E-state index in [1.807, 2.05) is 0 Å². The van der Waals surface area contributed by atoms with Crippen molar-refractivity contribution < 1.29 is 24.9 Å². The Morgan fingerprint density at radius 1 is 1.36 bits per heavy atom. The Balaban J connectivity index is 2.53. The summed E-state index contributed by atoms with van der Waals surface area (Å²) in [7, 11) is 0. The molecule has 0 radical (unpaired) electrons. The highest BCUT2D eigenvalue weighted by atomic mass is 16.8. The zero-order valence-electron chi connectivity index (χ0n) is 5.75. The SMILES string of the molecule is NOC1O[C@H](CO)[C@@H](O)[C@H]1O. The van der Waals surface area contributed by atoms with Crippen molar-refractivity contribution in [1.82, 2.24) is 0 Å². The summed E-state index contributed by atoms with van der Waals surface area (Å²) in [5, 5.41) is 26.7. The first-order valence-electron chi connectivity index (χ1n) is 3.18. The smallest absolute Gasteiger partial charge is 0.206 e. The van der Waals surface area contributed by atoms with Gasteiger partial charge in [-0.25, -0.2) is 5.90 Å². The molecule has 1 aliphatic heterocycles. The molecule has 0 aromatic carbocycles. The lowest BCUT2D eigenvalue weighted by Gasteiger charge is -2.10. The van der Waals surface area contributed by atoms with Crippen molar-refractivity contribution >= 4 is 0 Å². The Bertz CT molecular complexity index is 114. The van der Waals surface area contributed by atoms with Crippen LogP contribution in [0.2, 0.25) is 0 Å². The van der Waals surface area contributed by atoms with Gasteiger partial charge in [0, 0.05) is 0 Å². The van der Waals surface area contributed by atoms with Crippen LogP contribution in [0.25, 0.3) is 0 Å². The van der Waals surface area contributed by atoms with Gasteiger partial charge in [0.25, 0.3) is 0 Å². The molecule has 4 atom stereocenters. The summed E-state index contributed by atoms with van der Waals surface area (Å²) >= 11 is 0. The van der Waals surface area contributed by atoms with Crippen LogP contribution in [0.15, 0.2) is 0 Å². The third-order valence-electron chi connectivity index (χ3n) is 1.63. The van der Waals surface area contributed by atoms with E-state index in [2.05, 4.69) is 4.84 Å². The van der Waals surface area contributed by atoms with Gasteiger partial charge >= 0.3 is 0 Å². The number of hydrogen-bond donors (Lipinski definition) is 4. The average Bonchev–Trinajstić information content (AvgIpc) is 2.30. The Morgan fingerprint density at radius 2 is 2.00 bits per heavy atom. The zero-order chi connectivity index (χ0) is 8.43. The third-order valence-corrected chi connectivity index (χ3v) is 1.63. The first-order chi connectivity index (χ1) is 5.20. The Hall–Kier alpha value is -0.240. The molecule has 6 nitrogen and oxygen atoms in total. The minimum absolute atomic E-state index is 0.377. The first-order valence-corrected chi connectivity index (χ1v) is 3.18. The molecule has 1 rings (SSSR count). The molecule has 1 heterocycles. The van der Waals surface area contributed by atoms with Gasteiger partial charge in [-0.2, -0.15) is 0 Å². The van der Waals surface area contributed by atoms with Crippen molar-refractivity contribution in [2.45, 2.75) is 24.6 Å². The van der Waals surface area contributed by atoms with Crippen molar-refractivity contribution in [3.05, 3.63) is 0 Å². The van der Waals surface area contributed by atoms with Gasteiger partial charge < -0.3 is 20.1 Å². The van der Waals surface area contributed by atoms with Crippen molar-refractivity contribution in [2.24, 2.45) is 5.90 Å². The summed E-state index contributed by atoms with van der Waals surface area (Å²) in [6.45, 7) is -0.377. The van der Waals surface area contributed by atoms with Crippen molar-refractivity contribution in [3.8, 4) is 0 Å². The second-order valence-corrected chi connectivity index (χ2v) is 2.34. The molecule has 0 aromatic rings. The average molecular weight is 165 g/mol. The van der Waals surface area contributed by atoms with Gasteiger partial charge in [0.15, 0.2) is 0 Å². The van der Waals surface area contributed by atoms with Crippen molar-refractivity contribution in [3.63, 3.8) is 0 Å². The first kappa shape index (κ1) is 8.85. The van der Waals surface area contributed by atoms with E-state index in [1.165, 1.54) is 0 Å². The van der Waals surface area contributed by atoms with Gasteiger partial charge in [-0.05, 0) is 0 Å². The maximum atomic E-state index is 9.09. The highest BCUT2D eigenvalue weighted by Crippen LogP contribution is 2.20. The molecule has 5 N–H and O–H groups in total. The van der Waals surface area contributed by atoms with E-state index in [1.54, 1.807) is 0 Å². The van der Waals surface area contributed by atoms with E-state index >= 15 is 0 Å². The third kappa shape index (κ3) is 1.51. The van der Waals surface area contributed by atoms with Gasteiger partial charge in [-0.15, -0.1) is 0 Å². The fraction of sp³-hybridized carbons (Fsp3) is 1.00. The van der Waals surface area contributed by atoms with E-state index in [-0.39, 0.29) is 6.61 Å². The van der Waals surface area contributed by atoms with Crippen LogP contribution in [0.4, 0.5) is 0 Å². The molecule has 1 fully saturated rings. The number of rotatable bonds is 2. The predicted octanol–water partition coefficient (Wildman–Crippen LogP) is -2.68. The number of aliphatic hydroxyl groups is 3. The molecule has 6 heteroatoms. The lowest BCUT2D eigenvalue weighted by Crippen LogP contribution is -2.35. The van der Waals surface area contributed by atoms with E-state index in [9.17, 15) is 0 Å². The summed E-state index contributed by atoms with van der Waals surface area (Å²) in [4.78, 5) is 4.18. The maximum absolute atomic E-state index is 9.09. The highest BCUT2D eigenvalue weighted by Gasteiger charge is 2.42. The molecule has 0 amide bonds. The molecule has 1 aliphatic rings. The van der Waals surface area contributed by atoms with E-state index in [0.29, 0.717) is 0 Å². The Labute approximate surface area is 63.1 Å². The minimum Gasteiger partial charge on any atom is -0.394 e. The lowest BCUT2D eigenvalue weighted by atomic mass is 10.1. The molecule has 0 aromatic heterocycles. The second kappa shape index (κ2) is 3.44. The van der Waals surface area contributed by atoms with Crippen LogP contribution in [0.3, 0.4) is 0 Å². The standard InChI is InChI=1S/C5H11NO5/c6-11-5-4(9)3(8)2(1-7)10-5/h2-5,7-9H,1,6H2/t2-,3-,4-,5?/m1/s1. The van der Waals surface area contributed by atoms with Crippen LogP contribution in [-0.2, 0) is 9.57 Å². The number of nitrogens with two attached hydrogens (primary N) is 1. The van der Waals surface area contributed by atoms with Gasteiger partial charge in [0.1, 0.15) is 18.3 Å². The quantitative estimate of drug-likeness (QED) is 0.332. The Morgan fingerprint density at radius 3 is 2.27 bits per heavy atom. The summed E-state index contributed by atoms with van der Waals surface area (Å²) in [5.74, 6) is 4.73. The summed E-state index contributed by atoms with van der Waals surface area (Å²) in [6, 6.07) is 0. The topological polar surface area (TPSA) is 105 Å². The predicted molar refractivity (Wildman–Crippen MR) is 33.0 cm³/mol. The van der Waals surface area contributed by atoms with E-state index in [4.69, 9.17) is 26.0 Å². The molecule has 11 heavy (non-hydrogen) atoms. The molecule has 66 valence electrons. The molecule has 0 spiro atoms. The largest absolute Gasteiger partial charge is 0.394 e. The molecule has 1 saturated heterocycles. The van der Waals surface area contributed by atoms with Crippen LogP contribution < -0.4 is 5.90 Å². The monoisotopic (exact) mass is 165 g/mol. The van der Waals surface area contributed by atoms with Crippen molar-refractivity contribution in [2.75, 3.05) is 6.61 Å². The summed E-state index contributed by atoms with van der Waals surface area (Å²) in [5.41, 5.74) is 0. The summed E-state index contributed by atoms with van der Waals surface area (Å²) < 4.78 is 4.79. The second-order valence-electron chi connectivity index (χ2n) is 2.34. The normalized spacial score (nSPS) is 44.7. The Kier molecular flexibility index (Phi) is 2.77. The number of hydrogen-bond acceptors (Lipinski definition) is 6. The number of ether oxygens (including phenoxy) is 1.